The highest BCUT2D eigenvalue weighted by atomic mass is 16.2. The SMILES string of the molecule is Cc1cnc(-c2nccc(NC(=O)c3ccnn3-c3cccnc3)n2)c(C)c1. The van der Waals surface area contributed by atoms with Crippen LogP contribution < -0.4 is 5.32 Å². The molecule has 1 amide bonds. The van der Waals surface area contributed by atoms with E-state index in [0.717, 1.165) is 11.1 Å². The van der Waals surface area contributed by atoms with Crippen molar-refractivity contribution < 1.29 is 4.79 Å². The van der Waals surface area contributed by atoms with Gasteiger partial charge in [0.05, 0.1) is 18.1 Å². The van der Waals surface area contributed by atoms with Crippen molar-refractivity contribution in [1.82, 2.24) is 29.7 Å². The maximum atomic E-state index is 12.8. The molecule has 4 rings (SSSR count). The fourth-order valence-electron chi connectivity index (χ4n) is 2.83. The maximum absolute atomic E-state index is 12.8. The number of amides is 1. The molecule has 0 fully saturated rings. The standard InChI is InChI=1S/C20H17N7O/c1-13-10-14(2)18(23-11-13)19-22-8-6-17(25-19)26-20(28)16-5-9-24-27(16)15-4-3-7-21-12-15/h3-12H,1-2H3,(H,22,25,26,28). The molecule has 28 heavy (non-hydrogen) atoms. The van der Waals surface area contributed by atoms with Gasteiger partial charge in [-0.25, -0.2) is 14.6 Å². The Bertz CT molecular complexity index is 1140. The van der Waals surface area contributed by atoms with Gasteiger partial charge >= 0.3 is 0 Å². The third-order valence-corrected chi connectivity index (χ3v) is 4.09. The summed E-state index contributed by atoms with van der Waals surface area (Å²) in [5, 5.41) is 7.00. The summed E-state index contributed by atoms with van der Waals surface area (Å²) in [6.07, 6.45) is 8.22. The van der Waals surface area contributed by atoms with Crippen molar-refractivity contribution in [3.63, 3.8) is 0 Å². The van der Waals surface area contributed by atoms with Crippen molar-refractivity contribution in [2.24, 2.45) is 0 Å². The summed E-state index contributed by atoms with van der Waals surface area (Å²) in [7, 11) is 0. The Morgan fingerprint density at radius 2 is 1.93 bits per heavy atom. The summed E-state index contributed by atoms with van der Waals surface area (Å²) < 4.78 is 1.52. The fourth-order valence-corrected chi connectivity index (χ4v) is 2.83. The van der Waals surface area contributed by atoms with Crippen LogP contribution in [0.5, 0.6) is 0 Å². The van der Waals surface area contributed by atoms with Crippen molar-refractivity contribution in [3.05, 3.63) is 78.1 Å². The number of pyridine rings is 2. The molecule has 0 radical (unpaired) electrons. The van der Waals surface area contributed by atoms with Gasteiger partial charge in [0.2, 0.25) is 0 Å². The van der Waals surface area contributed by atoms with Crippen LogP contribution in [0.25, 0.3) is 17.2 Å². The Kier molecular flexibility index (Phi) is 4.59. The Morgan fingerprint density at radius 3 is 2.71 bits per heavy atom. The van der Waals surface area contributed by atoms with Gasteiger partial charge in [-0.15, -0.1) is 0 Å². The second-order valence-electron chi connectivity index (χ2n) is 6.24. The van der Waals surface area contributed by atoms with Crippen LogP contribution in [-0.4, -0.2) is 35.6 Å². The molecule has 0 aliphatic carbocycles. The highest BCUT2D eigenvalue weighted by Gasteiger charge is 2.15. The number of nitrogens with one attached hydrogen (secondary N) is 1. The van der Waals surface area contributed by atoms with Crippen LogP contribution in [0.15, 0.2) is 61.3 Å². The molecule has 1 N–H and O–H groups in total. The number of carbonyl (C=O) groups excluding carboxylic acids is 1. The molecule has 0 aromatic carbocycles. The first-order valence-electron chi connectivity index (χ1n) is 8.64. The first-order valence-corrected chi connectivity index (χ1v) is 8.64. The maximum Gasteiger partial charge on any atom is 0.275 e. The van der Waals surface area contributed by atoms with Crippen molar-refractivity contribution in [1.29, 1.82) is 0 Å². The van der Waals surface area contributed by atoms with Crippen LogP contribution >= 0.6 is 0 Å². The zero-order valence-corrected chi connectivity index (χ0v) is 15.4. The lowest BCUT2D eigenvalue weighted by atomic mass is 10.1. The number of aryl methyl sites for hydroxylation is 2. The lowest BCUT2D eigenvalue weighted by molar-refractivity contribution is 0.101. The number of nitrogens with zero attached hydrogens (tertiary/aromatic N) is 6. The molecule has 138 valence electrons. The minimum atomic E-state index is -0.334. The summed E-state index contributed by atoms with van der Waals surface area (Å²) in [5.74, 6) is 0.506. The third-order valence-electron chi connectivity index (χ3n) is 4.09. The van der Waals surface area contributed by atoms with E-state index < -0.39 is 0 Å². The number of carbonyl (C=O) groups is 1. The minimum absolute atomic E-state index is 0.334. The Balaban J connectivity index is 1.61. The van der Waals surface area contributed by atoms with Crippen molar-refractivity contribution in [3.8, 4) is 17.2 Å². The normalized spacial score (nSPS) is 10.6. The average Bonchev–Trinajstić information content (AvgIpc) is 3.19. The van der Waals surface area contributed by atoms with E-state index in [1.54, 1.807) is 49.2 Å². The smallest absolute Gasteiger partial charge is 0.275 e. The molecule has 0 saturated carbocycles. The topological polar surface area (TPSA) is 98.5 Å². The third kappa shape index (κ3) is 3.48. The van der Waals surface area contributed by atoms with Gasteiger partial charge in [0.25, 0.3) is 5.91 Å². The van der Waals surface area contributed by atoms with Crippen molar-refractivity contribution in [2.75, 3.05) is 5.32 Å². The molecule has 0 atom stereocenters. The van der Waals surface area contributed by atoms with Gasteiger partial charge in [0, 0.05) is 18.6 Å². The second-order valence-corrected chi connectivity index (χ2v) is 6.24. The van der Waals surface area contributed by atoms with Crippen LogP contribution in [-0.2, 0) is 0 Å². The molecule has 4 heterocycles. The van der Waals surface area contributed by atoms with Crippen LogP contribution in [0.4, 0.5) is 5.82 Å². The van der Waals surface area contributed by atoms with E-state index in [9.17, 15) is 4.79 Å². The minimum Gasteiger partial charge on any atom is -0.305 e. The number of aromatic nitrogens is 6. The molecular formula is C20H17N7O. The van der Waals surface area contributed by atoms with Crippen LogP contribution in [0, 0.1) is 13.8 Å². The quantitative estimate of drug-likeness (QED) is 0.592. The first-order chi connectivity index (χ1) is 13.6. The number of rotatable bonds is 4. The van der Waals surface area contributed by atoms with E-state index in [1.807, 2.05) is 26.0 Å². The second kappa shape index (κ2) is 7.36. The summed E-state index contributed by atoms with van der Waals surface area (Å²) in [5.41, 5.74) is 3.79. The number of anilines is 1. The van der Waals surface area contributed by atoms with Gasteiger partial charge < -0.3 is 5.32 Å². The number of hydrogen-bond donors (Lipinski definition) is 1. The van der Waals surface area contributed by atoms with Gasteiger partial charge in [-0.1, -0.05) is 6.07 Å². The van der Waals surface area contributed by atoms with E-state index in [1.165, 1.54) is 4.68 Å². The van der Waals surface area contributed by atoms with Crippen molar-refractivity contribution in [2.45, 2.75) is 13.8 Å². The molecule has 8 heteroatoms. The largest absolute Gasteiger partial charge is 0.305 e. The summed E-state index contributed by atoms with van der Waals surface area (Å²) in [6.45, 7) is 3.93. The summed E-state index contributed by atoms with van der Waals surface area (Å²) in [6, 6.07) is 8.90. The van der Waals surface area contributed by atoms with Gasteiger partial charge in [0.1, 0.15) is 17.2 Å². The monoisotopic (exact) mass is 371 g/mol. The first kappa shape index (κ1) is 17.5. The molecule has 0 saturated heterocycles. The molecule has 0 aliphatic rings. The molecule has 8 nitrogen and oxygen atoms in total. The zero-order chi connectivity index (χ0) is 19.5. The Hall–Kier alpha value is -3.94. The van der Waals surface area contributed by atoms with Crippen LogP contribution in [0.1, 0.15) is 21.6 Å². The van der Waals surface area contributed by atoms with Crippen LogP contribution in [0.2, 0.25) is 0 Å². The fraction of sp³-hybridized carbons (Fsp3) is 0.100. The molecule has 4 aromatic heterocycles. The van der Waals surface area contributed by atoms with Gasteiger partial charge in [0.15, 0.2) is 5.82 Å². The van der Waals surface area contributed by atoms with E-state index in [0.29, 0.717) is 28.7 Å². The highest BCUT2D eigenvalue weighted by Crippen LogP contribution is 2.19. The Morgan fingerprint density at radius 1 is 1.04 bits per heavy atom. The predicted octanol–water partition coefficient (Wildman–Crippen LogP) is 2.99. The lowest BCUT2D eigenvalue weighted by Crippen LogP contribution is -2.18. The predicted molar refractivity (Wildman–Crippen MR) is 104 cm³/mol. The zero-order valence-electron chi connectivity index (χ0n) is 15.4. The van der Waals surface area contributed by atoms with Gasteiger partial charge in [-0.2, -0.15) is 5.10 Å². The Labute approximate surface area is 161 Å². The molecule has 4 aromatic rings. The molecule has 0 spiro atoms. The average molecular weight is 371 g/mol. The molecule has 0 bridgehead atoms. The lowest BCUT2D eigenvalue weighted by Gasteiger charge is -2.09. The number of hydrogen-bond acceptors (Lipinski definition) is 6. The molecule has 0 aliphatic heterocycles. The van der Waals surface area contributed by atoms with Crippen molar-refractivity contribution >= 4 is 11.7 Å². The summed E-state index contributed by atoms with van der Waals surface area (Å²) >= 11 is 0. The summed E-state index contributed by atoms with van der Waals surface area (Å²) in [4.78, 5) is 30.0. The van der Waals surface area contributed by atoms with E-state index in [-0.39, 0.29) is 5.91 Å². The van der Waals surface area contributed by atoms with Gasteiger partial charge in [-0.05, 0) is 49.2 Å². The molecule has 0 unspecified atom stereocenters. The van der Waals surface area contributed by atoms with E-state index in [2.05, 4.69) is 30.4 Å². The van der Waals surface area contributed by atoms with E-state index >= 15 is 0 Å². The highest BCUT2D eigenvalue weighted by molar-refractivity contribution is 6.02. The van der Waals surface area contributed by atoms with E-state index in [4.69, 9.17) is 0 Å². The van der Waals surface area contributed by atoms with Crippen LogP contribution in [0.3, 0.4) is 0 Å². The van der Waals surface area contributed by atoms with Gasteiger partial charge in [-0.3, -0.25) is 14.8 Å². The molecular weight excluding hydrogens is 354 g/mol.